The molecule has 0 aliphatic rings. The zero-order chi connectivity index (χ0) is 18.3. The Bertz CT molecular complexity index is 1120. The second-order valence-corrected chi connectivity index (χ2v) is 7.32. The first kappa shape index (κ1) is 16.5. The minimum Gasteiger partial charge on any atom is -0.342 e. The van der Waals surface area contributed by atoms with Gasteiger partial charge in [-0.1, -0.05) is 35.9 Å². The molecule has 2 heterocycles. The van der Waals surface area contributed by atoms with Crippen molar-refractivity contribution in [3.05, 3.63) is 70.7 Å². The van der Waals surface area contributed by atoms with E-state index in [1.54, 1.807) is 0 Å². The molecule has 4 nitrogen and oxygen atoms in total. The summed E-state index contributed by atoms with van der Waals surface area (Å²) in [6.07, 6.45) is 0. The van der Waals surface area contributed by atoms with Crippen LogP contribution in [0.3, 0.4) is 0 Å². The molecule has 0 fully saturated rings. The minimum atomic E-state index is -0.182. The topological polar surface area (TPSA) is 46.9 Å². The van der Waals surface area contributed by atoms with E-state index in [1.807, 2.05) is 50.5 Å². The molecule has 0 unspecified atom stereocenters. The molecule has 1 amide bonds. The van der Waals surface area contributed by atoms with Gasteiger partial charge in [0.15, 0.2) is 0 Å². The van der Waals surface area contributed by atoms with Crippen molar-refractivity contribution < 1.29 is 4.79 Å². The Labute approximate surface area is 156 Å². The van der Waals surface area contributed by atoms with Crippen LogP contribution in [0.25, 0.3) is 21.6 Å². The predicted octanol–water partition coefficient (Wildman–Crippen LogP) is 5.17. The van der Waals surface area contributed by atoms with E-state index in [9.17, 15) is 4.79 Å². The fourth-order valence-corrected chi connectivity index (χ4v) is 3.98. The van der Waals surface area contributed by atoms with Gasteiger partial charge in [0, 0.05) is 29.0 Å². The van der Waals surface area contributed by atoms with Gasteiger partial charge in [-0.05, 0) is 37.6 Å². The van der Waals surface area contributed by atoms with Gasteiger partial charge in [0.05, 0.1) is 5.69 Å². The van der Waals surface area contributed by atoms with Gasteiger partial charge in [0.2, 0.25) is 0 Å². The van der Waals surface area contributed by atoms with E-state index in [-0.39, 0.29) is 5.91 Å². The summed E-state index contributed by atoms with van der Waals surface area (Å²) >= 11 is 1.48. The van der Waals surface area contributed by atoms with Gasteiger partial charge in [-0.3, -0.25) is 4.79 Å². The van der Waals surface area contributed by atoms with Crippen LogP contribution in [0, 0.1) is 13.8 Å². The Hall–Kier alpha value is -2.92. The first-order chi connectivity index (χ1) is 12.5. The summed E-state index contributed by atoms with van der Waals surface area (Å²) in [7, 11) is 2.02. The zero-order valence-electron chi connectivity index (χ0n) is 14.9. The number of rotatable bonds is 3. The number of aryl methyl sites for hydroxylation is 3. The number of thiazole rings is 1. The van der Waals surface area contributed by atoms with E-state index in [2.05, 4.69) is 39.1 Å². The molecule has 0 aliphatic carbocycles. The summed E-state index contributed by atoms with van der Waals surface area (Å²) in [4.78, 5) is 17.1. The number of amides is 1. The molecule has 0 spiro atoms. The van der Waals surface area contributed by atoms with Crippen LogP contribution >= 0.6 is 11.3 Å². The number of carbonyl (C=O) groups excluding carboxylic acids is 1. The number of nitrogens with zero attached hydrogens (tertiary/aromatic N) is 2. The van der Waals surface area contributed by atoms with Gasteiger partial charge >= 0.3 is 0 Å². The number of nitrogens with one attached hydrogen (secondary N) is 1. The summed E-state index contributed by atoms with van der Waals surface area (Å²) < 4.78 is 2.11. The highest BCUT2D eigenvalue weighted by Gasteiger charge is 2.16. The summed E-state index contributed by atoms with van der Waals surface area (Å²) in [6.45, 7) is 4.03. The van der Waals surface area contributed by atoms with Crippen molar-refractivity contribution in [3.63, 3.8) is 0 Å². The summed E-state index contributed by atoms with van der Waals surface area (Å²) in [5.74, 6) is -0.182. The molecule has 26 heavy (non-hydrogen) atoms. The number of hydrogen-bond donors (Lipinski definition) is 1. The highest BCUT2D eigenvalue weighted by Crippen LogP contribution is 2.29. The largest absolute Gasteiger partial charge is 0.342 e. The van der Waals surface area contributed by atoms with Crippen molar-refractivity contribution in [1.29, 1.82) is 0 Å². The number of benzene rings is 2. The third-order valence-corrected chi connectivity index (χ3v) is 5.40. The molecule has 4 aromatic rings. The van der Waals surface area contributed by atoms with E-state index in [4.69, 9.17) is 0 Å². The summed E-state index contributed by atoms with van der Waals surface area (Å²) in [6, 6.07) is 16.3. The van der Waals surface area contributed by atoms with E-state index >= 15 is 0 Å². The zero-order valence-corrected chi connectivity index (χ0v) is 15.7. The molecular weight excluding hydrogens is 342 g/mol. The van der Waals surface area contributed by atoms with Crippen molar-refractivity contribution in [1.82, 2.24) is 9.55 Å². The highest BCUT2D eigenvalue weighted by atomic mass is 32.1. The lowest BCUT2D eigenvalue weighted by atomic mass is 10.1. The maximum absolute atomic E-state index is 12.6. The second kappa shape index (κ2) is 6.42. The van der Waals surface area contributed by atoms with Crippen LogP contribution in [0.4, 0.5) is 5.69 Å². The lowest BCUT2D eigenvalue weighted by molar-refractivity contribution is 0.102. The third-order valence-electron chi connectivity index (χ3n) is 4.54. The van der Waals surface area contributed by atoms with Gasteiger partial charge in [-0.25, -0.2) is 4.98 Å². The van der Waals surface area contributed by atoms with Crippen LogP contribution in [0.15, 0.2) is 53.9 Å². The van der Waals surface area contributed by atoms with Gasteiger partial charge in [-0.15, -0.1) is 11.3 Å². The number of para-hydroxylation sites is 1. The number of anilines is 1. The smallest absolute Gasteiger partial charge is 0.275 e. The van der Waals surface area contributed by atoms with E-state index < -0.39 is 0 Å². The average Bonchev–Trinajstić information content (AvgIpc) is 3.23. The number of fused-ring (bicyclic) bond motifs is 1. The SMILES string of the molecule is Cc1ccc(NC(=O)c2csc(-c3cc4ccccc4n3C)n2)c(C)c1. The van der Waals surface area contributed by atoms with Gasteiger partial charge < -0.3 is 9.88 Å². The van der Waals surface area contributed by atoms with E-state index in [0.29, 0.717) is 5.69 Å². The molecule has 0 saturated carbocycles. The normalized spacial score (nSPS) is 11.0. The van der Waals surface area contributed by atoms with Crippen molar-refractivity contribution in [2.24, 2.45) is 7.05 Å². The molecule has 2 aromatic carbocycles. The molecular formula is C21H19N3OS. The number of carbonyl (C=O) groups is 1. The number of aromatic nitrogens is 2. The van der Waals surface area contributed by atoms with E-state index in [0.717, 1.165) is 27.5 Å². The Morgan fingerprint density at radius 3 is 2.69 bits per heavy atom. The third kappa shape index (κ3) is 2.91. The molecule has 130 valence electrons. The van der Waals surface area contributed by atoms with Crippen molar-refractivity contribution >= 4 is 33.8 Å². The fraction of sp³-hybridized carbons (Fsp3) is 0.143. The predicted molar refractivity (Wildman–Crippen MR) is 108 cm³/mol. The van der Waals surface area contributed by atoms with Gasteiger partial charge in [0.25, 0.3) is 5.91 Å². The quantitative estimate of drug-likeness (QED) is 0.547. The molecule has 0 aliphatic heterocycles. The monoisotopic (exact) mass is 361 g/mol. The number of hydrogen-bond acceptors (Lipinski definition) is 3. The van der Waals surface area contributed by atoms with Crippen LogP contribution in [0.5, 0.6) is 0 Å². The van der Waals surface area contributed by atoms with E-state index in [1.165, 1.54) is 22.3 Å². The van der Waals surface area contributed by atoms with Crippen LogP contribution < -0.4 is 5.32 Å². The molecule has 1 N–H and O–H groups in total. The Kier molecular flexibility index (Phi) is 4.09. The first-order valence-electron chi connectivity index (χ1n) is 8.42. The van der Waals surface area contributed by atoms with Crippen LogP contribution in [-0.4, -0.2) is 15.5 Å². The fourth-order valence-electron chi connectivity index (χ4n) is 3.13. The van der Waals surface area contributed by atoms with Crippen molar-refractivity contribution in [3.8, 4) is 10.7 Å². The van der Waals surface area contributed by atoms with Gasteiger partial charge in [0.1, 0.15) is 10.7 Å². The Morgan fingerprint density at radius 1 is 1.12 bits per heavy atom. The molecule has 4 rings (SSSR count). The molecule has 2 aromatic heterocycles. The average molecular weight is 361 g/mol. The van der Waals surface area contributed by atoms with Crippen LogP contribution in [0.2, 0.25) is 0 Å². The molecule has 0 radical (unpaired) electrons. The summed E-state index contributed by atoms with van der Waals surface area (Å²) in [5, 5.41) is 6.78. The molecule has 0 bridgehead atoms. The molecule has 0 saturated heterocycles. The lowest BCUT2D eigenvalue weighted by Gasteiger charge is -2.07. The second-order valence-electron chi connectivity index (χ2n) is 6.46. The first-order valence-corrected chi connectivity index (χ1v) is 9.30. The van der Waals surface area contributed by atoms with Crippen molar-refractivity contribution in [2.45, 2.75) is 13.8 Å². The summed E-state index contributed by atoms with van der Waals surface area (Å²) in [5.41, 5.74) is 5.64. The minimum absolute atomic E-state index is 0.182. The van der Waals surface area contributed by atoms with Crippen LogP contribution in [-0.2, 0) is 7.05 Å². The lowest BCUT2D eigenvalue weighted by Crippen LogP contribution is -2.13. The maximum atomic E-state index is 12.6. The van der Waals surface area contributed by atoms with Crippen molar-refractivity contribution in [2.75, 3.05) is 5.32 Å². The van der Waals surface area contributed by atoms with Gasteiger partial charge in [-0.2, -0.15) is 0 Å². The molecule has 5 heteroatoms. The maximum Gasteiger partial charge on any atom is 0.275 e. The molecule has 0 atom stereocenters. The highest BCUT2D eigenvalue weighted by molar-refractivity contribution is 7.13. The Balaban J connectivity index is 1.62. The van der Waals surface area contributed by atoms with Crippen LogP contribution in [0.1, 0.15) is 21.6 Å². The Morgan fingerprint density at radius 2 is 1.92 bits per heavy atom. The standard InChI is InChI=1S/C21H19N3OS/c1-13-8-9-16(14(2)10-13)22-20(25)17-12-26-21(23-17)19-11-15-6-4-5-7-18(15)24(19)3/h4-12H,1-3H3,(H,22,25).